The van der Waals surface area contributed by atoms with E-state index in [0.29, 0.717) is 5.92 Å². The van der Waals surface area contributed by atoms with Crippen molar-refractivity contribution in [1.29, 1.82) is 0 Å². The van der Waals surface area contributed by atoms with Crippen LogP contribution in [0.2, 0.25) is 0 Å². The Bertz CT molecular complexity index is 278. The van der Waals surface area contributed by atoms with E-state index in [2.05, 4.69) is 17.3 Å². The van der Waals surface area contributed by atoms with E-state index in [1.807, 2.05) is 11.3 Å². The Morgan fingerprint density at radius 3 is 3.08 bits per heavy atom. The molecule has 2 rings (SSSR count). The second kappa shape index (κ2) is 3.76. The zero-order valence-corrected chi connectivity index (χ0v) is 8.81. The molecule has 0 bridgehead atoms. The number of aromatic nitrogens is 1. The summed E-state index contributed by atoms with van der Waals surface area (Å²) in [4.78, 5) is 4.65. The van der Waals surface area contributed by atoms with Crippen LogP contribution in [0.15, 0.2) is 5.38 Å². The second-order valence-corrected chi connectivity index (χ2v) is 4.75. The number of hydrogen-bond donors (Lipinski definition) is 1. The van der Waals surface area contributed by atoms with Gasteiger partial charge in [0.2, 0.25) is 0 Å². The van der Waals surface area contributed by atoms with Crippen molar-refractivity contribution in [1.82, 2.24) is 4.98 Å². The van der Waals surface area contributed by atoms with E-state index in [4.69, 9.17) is 5.73 Å². The summed E-state index contributed by atoms with van der Waals surface area (Å²) in [5.41, 5.74) is 6.77. The molecule has 0 aromatic carbocycles. The van der Waals surface area contributed by atoms with Gasteiger partial charge in [-0.2, -0.15) is 0 Å². The lowest BCUT2D eigenvalue weighted by atomic mass is 10.1. The molecule has 3 heteroatoms. The summed E-state index contributed by atoms with van der Waals surface area (Å²) < 4.78 is 0. The lowest BCUT2D eigenvalue weighted by molar-refractivity contribution is 0.672. The van der Waals surface area contributed by atoms with Crippen LogP contribution in [0.25, 0.3) is 0 Å². The molecule has 0 aliphatic heterocycles. The monoisotopic (exact) mass is 196 g/mol. The predicted octanol–water partition coefficient (Wildman–Crippen LogP) is 2.47. The van der Waals surface area contributed by atoms with E-state index in [9.17, 15) is 0 Å². The van der Waals surface area contributed by atoms with Crippen LogP contribution >= 0.6 is 11.3 Å². The van der Waals surface area contributed by atoms with Crippen LogP contribution in [-0.4, -0.2) is 11.5 Å². The fourth-order valence-corrected chi connectivity index (χ4v) is 2.56. The molecule has 1 aliphatic carbocycles. The van der Waals surface area contributed by atoms with Crippen LogP contribution in [0, 0.1) is 0 Å². The molecule has 0 amide bonds. The number of hydrogen-bond acceptors (Lipinski definition) is 3. The average Bonchev–Trinajstić information content (AvgIpc) is 2.84. The van der Waals surface area contributed by atoms with Gasteiger partial charge in [0.05, 0.1) is 10.7 Å². The summed E-state index contributed by atoms with van der Waals surface area (Å²) in [6.45, 7) is 2.97. The Kier molecular flexibility index (Phi) is 2.65. The van der Waals surface area contributed by atoms with Crippen LogP contribution in [0.4, 0.5) is 0 Å². The first-order chi connectivity index (χ1) is 6.31. The Hall–Kier alpha value is -0.410. The van der Waals surface area contributed by atoms with Gasteiger partial charge in [-0.3, -0.25) is 0 Å². The molecule has 1 aromatic heterocycles. The minimum Gasteiger partial charge on any atom is -0.330 e. The molecule has 0 radical (unpaired) electrons. The first-order valence-corrected chi connectivity index (χ1v) is 5.84. The minimum absolute atomic E-state index is 0.536. The van der Waals surface area contributed by atoms with Crippen molar-refractivity contribution in [3.05, 3.63) is 16.1 Å². The van der Waals surface area contributed by atoms with Crippen LogP contribution < -0.4 is 5.73 Å². The summed E-state index contributed by atoms with van der Waals surface area (Å²) in [5.74, 6) is 1.33. The van der Waals surface area contributed by atoms with Crippen molar-refractivity contribution in [2.45, 2.75) is 38.0 Å². The van der Waals surface area contributed by atoms with Crippen LogP contribution in [-0.2, 0) is 0 Å². The number of nitrogens with zero attached hydrogens (tertiary/aromatic N) is 1. The third-order valence-corrected chi connectivity index (χ3v) is 3.60. The molecule has 1 saturated carbocycles. The molecule has 1 unspecified atom stereocenters. The van der Waals surface area contributed by atoms with E-state index < -0.39 is 0 Å². The lowest BCUT2D eigenvalue weighted by Crippen LogP contribution is -2.04. The van der Waals surface area contributed by atoms with Gasteiger partial charge in [-0.1, -0.05) is 6.92 Å². The largest absolute Gasteiger partial charge is 0.330 e. The first-order valence-electron chi connectivity index (χ1n) is 4.96. The highest BCUT2D eigenvalue weighted by Gasteiger charge is 2.27. The van der Waals surface area contributed by atoms with Crippen LogP contribution in [0.3, 0.4) is 0 Å². The lowest BCUT2D eigenvalue weighted by Gasteiger charge is -2.04. The van der Waals surface area contributed by atoms with Gasteiger partial charge in [0, 0.05) is 17.2 Å². The van der Waals surface area contributed by atoms with Gasteiger partial charge in [0.1, 0.15) is 0 Å². The van der Waals surface area contributed by atoms with Gasteiger partial charge in [0.25, 0.3) is 0 Å². The Balaban J connectivity index is 2.03. The molecule has 0 saturated heterocycles. The van der Waals surface area contributed by atoms with E-state index >= 15 is 0 Å². The molecule has 72 valence electrons. The fourth-order valence-electron chi connectivity index (χ4n) is 1.44. The zero-order chi connectivity index (χ0) is 9.26. The summed E-state index contributed by atoms with van der Waals surface area (Å²) in [6.07, 6.45) is 3.74. The van der Waals surface area contributed by atoms with Crippen molar-refractivity contribution in [3.63, 3.8) is 0 Å². The van der Waals surface area contributed by atoms with Crippen molar-refractivity contribution >= 4 is 11.3 Å². The molecule has 1 aromatic rings. The van der Waals surface area contributed by atoms with E-state index in [0.717, 1.165) is 18.9 Å². The molecule has 2 nitrogen and oxygen atoms in total. The normalized spacial score (nSPS) is 18.9. The van der Waals surface area contributed by atoms with E-state index in [1.54, 1.807) is 0 Å². The van der Waals surface area contributed by atoms with Crippen LogP contribution in [0.1, 0.15) is 48.7 Å². The number of nitrogens with two attached hydrogens (primary N) is 1. The molecular formula is C10H16N2S. The van der Waals surface area contributed by atoms with Crippen LogP contribution in [0.5, 0.6) is 0 Å². The van der Waals surface area contributed by atoms with Gasteiger partial charge in [0.15, 0.2) is 0 Å². The first kappa shape index (κ1) is 9.16. The maximum Gasteiger partial charge on any atom is 0.0959 e. The average molecular weight is 196 g/mol. The van der Waals surface area contributed by atoms with E-state index in [1.165, 1.54) is 23.5 Å². The maximum atomic E-state index is 5.52. The standard InChI is InChI=1S/C10H16N2S/c1-7(4-5-11)9-6-13-10(12-9)8-2-3-8/h6-8H,2-5,11H2,1H3. The SMILES string of the molecule is CC(CCN)c1csc(C2CC2)n1. The van der Waals surface area contributed by atoms with Gasteiger partial charge in [-0.15, -0.1) is 11.3 Å². The quantitative estimate of drug-likeness (QED) is 0.803. The Morgan fingerprint density at radius 2 is 2.46 bits per heavy atom. The Morgan fingerprint density at radius 1 is 1.69 bits per heavy atom. The summed E-state index contributed by atoms with van der Waals surface area (Å²) in [5, 5.41) is 3.55. The highest BCUT2D eigenvalue weighted by Crippen LogP contribution is 2.42. The summed E-state index contributed by atoms with van der Waals surface area (Å²) in [6, 6.07) is 0. The topological polar surface area (TPSA) is 38.9 Å². The van der Waals surface area contributed by atoms with Crippen molar-refractivity contribution in [2.75, 3.05) is 6.54 Å². The maximum absolute atomic E-state index is 5.52. The van der Waals surface area contributed by atoms with Crippen molar-refractivity contribution < 1.29 is 0 Å². The molecule has 1 aliphatic rings. The zero-order valence-electron chi connectivity index (χ0n) is 7.99. The molecule has 1 fully saturated rings. The van der Waals surface area contributed by atoms with Gasteiger partial charge >= 0.3 is 0 Å². The van der Waals surface area contributed by atoms with Crippen molar-refractivity contribution in [3.8, 4) is 0 Å². The highest BCUT2D eigenvalue weighted by atomic mass is 32.1. The molecule has 1 heterocycles. The van der Waals surface area contributed by atoms with Gasteiger partial charge in [-0.25, -0.2) is 4.98 Å². The van der Waals surface area contributed by atoms with E-state index in [-0.39, 0.29) is 0 Å². The molecule has 2 N–H and O–H groups in total. The highest BCUT2D eigenvalue weighted by molar-refractivity contribution is 7.09. The molecule has 0 spiro atoms. The summed E-state index contributed by atoms with van der Waals surface area (Å²) >= 11 is 1.82. The summed E-state index contributed by atoms with van der Waals surface area (Å²) in [7, 11) is 0. The fraction of sp³-hybridized carbons (Fsp3) is 0.700. The smallest absolute Gasteiger partial charge is 0.0959 e. The molecule has 1 atom stereocenters. The van der Waals surface area contributed by atoms with Crippen molar-refractivity contribution in [2.24, 2.45) is 5.73 Å². The van der Waals surface area contributed by atoms with Gasteiger partial charge < -0.3 is 5.73 Å². The molecule has 13 heavy (non-hydrogen) atoms. The third kappa shape index (κ3) is 2.09. The molecular weight excluding hydrogens is 180 g/mol. The Labute approximate surface area is 83.2 Å². The minimum atomic E-state index is 0.536. The number of rotatable bonds is 4. The number of thiazole rings is 1. The van der Waals surface area contributed by atoms with Gasteiger partial charge in [-0.05, 0) is 25.8 Å². The third-order valence-electron chi connectivity index (χ3n) is 2.57. The second-order valence-electron chi connectivity index (χ2n) is 3.86. The predicted molar refractivity (Wildman–Crippen MR) is 56.2 cm³/mol.